The summed E-state index contributed by atoms with van der Waals surface area (Å²) in [4.78, 5) is 0. The van der Waals surface area contributed by atoms with Gasteiger partial charge in [0.1, 0.15) is 0 Å². The molecule has 120 valence electrons. The van der Waals surface area contributed by atoms with E-state index >= 15 is 0 Å². The van der Waals surface area contributed by atoms with Gasteiger partial charge in [0, 0.05) is 32.7 Å². The summed E-state index contributed by atoms with van der Waals surface area (Å²) in [7, 11) is -1.56. The first-order chi connectivity index (χ1) is 9.37. The van der Waals surface area contributed by atoms with Crippen molar-refractivity contribution in [3.05, 3.63) is 0 Å². The third-order valence-corrected chi connectivity index (χ3v) is 5.82. The van der Waals surface area contributed by atoms with E-state index in [0.29, 0.717) is 31.6 Å². The Balaban J connectivity index is 2.39. The van der Waals surface area contributed by atoms with Crippen molar-refractivity contribution in [2.75, 3.05) is 33.2 Å². The largest absolute Gasteiger partial charge is 0.314 e. The first-order valence-electron chi connectivity index (χ1n) is 7.82. The summed E-state index contributed by atoms with van der Waals surface area (Å²) >= 11 is 0. The van der Waals surface area contributed by atoms with Crippen LogP contribution < -0.4 is 5.32 Å². The highest BCUT2D eigenvalue weighted by Crippen LogP contribution is 2.24. The third kappa shape index (κ3) is 5.31. The Morgan fingerprint density at radius 1 is 1.40 bits per heavy atom. The van der Waals surface area contributed by atoms with Crippen molar-refractivity contribution in [3.63, 3.8) is 0 Å². The first-order valence-corrected chi connectivity index (χ1v) is 9.22. The second kappa shape index (κ2) is 8.32. The molecule has 0 spiro atoms. The molecule has 1 N–H and O–H groups in total. The minimum atomic E-state index is -3.25. The highest BCUT2D eigenvalue weighted by atomic mass is 32.2. The van der Waals surface area contributed by atoms with E-state index in [4.69, 9.17) is 0 Å². The molecule has 1 rings (SSSR count). The summed E-state index contributed by atoms with van der Waals surface area (Å²) in [6.45, 7) is 9.17. The van der Waals surface area contributed by atoms with E-state index in [2.05, 4.69) is 26.1 Å². The fourth-order valence-electron chi connectivity index (χ4n) is 2.66. The summed E-state index contributed by atoms with van der Waals surface area (Å²) in [5, 5.41) is 3.31. The molecule has 1 heterocycles. The van der Waals surface area contributed by atoms with Crippen LogP contribution in [0.3, 0.4) is 0 Å². The fraction of sp³-hybridized carbons (Fsp3) is 1.00. The number of hydrogen-bond donors (Lipinski definition) is 1. The fourth-order valence-corrected chi connectivity index (χ4v) is 4.14. The van der Waals surface area contributed by atoms with Gasteiger partial charge in [-0.15, -0.1) is 0 Å². The van der Waals surface area contributed by atoms with Gasteiger partial charge in [0.2, 0.25) is 0 Å². The normalized spacial score (nSPS) is 21.2. The quantitative estimate of drug-likeness (QED) is 0.659. The standard InChI is InChI=1S/C14H31N3O2S/c1-5-7-14-8-11-17(12-14)20(18,19)16(4)10-6-9-15-13(2)3/h13-15H,5-12H2,1-4H3. The molecule has 6 heteroatoms. The summed E-state index contributed by atoms with van der Waals surface area (Å²) in [6, 6.07) is 0.449. The van der Waals surface area contributed by atoms with Gasteiger partial charge < -0.3 is 5.32 Å². The maximum Gasteiger partial charge on any atom is 0.281 e. The van der Waals surface area contributed by atoms with Gasteiger partial charge in [-0.3, -0.25) is 0 Å². The lowest BCUT2D eigenvalue weighted by Gasteiger charge is -2.24. The maximum absolute atomic E-state index is 12.4. The van der Waals surface area contributed by atoms with E-state index in [-0.39, 0.29) is 0 Å². The van der Waals surface area contributed by atoms with Crippen LogP contribution in [0, 0.1) is 5.92 Å². The van der Waals surface area contributed by atoms with Crippen LogP contribution in [0.2, 0.25) is 0 Å². The zero-order valence-electron chi connectivity index (χ0n) is 13.4. The Morgan fingerprint density at radius 3 is 2.70 bits per heavy atom. The molecule has 20 heavy (non-hydrogen) atoms. The molecule has 1 unspecified atom stereocenters. The molecule has 5 nitrogen and oxygen atoms in total. The Hall–Kier alpha value is -0.170. The van der Waals surface area contributed by atoms with Crippen molar-refractivity contribution in [2.24, 2.45) is 5.92 Å². The molecule has 1 saturated heterocycles. The maximum atomic E-state index is 12.4. The Morgan fingerprint density at radius 2 is 2.10 bits per heavy atom. The highest BCUT2D eigenvalue weighted by Gasteiger charge is 2.33. The van der Waals surface area contributed by atoms with E-state index < -0.39 is 10.2 Å². The Labute approximate surface area is 124 Å². The predicted molar refractivity (Wildman–Crippen MR) is 83.9 cm³/mol. The van der Waals surface area contributed by atoms with Crippen LogP contribution in [0.15, 0.2) is 0 Å². The van der Waals surface area contributed by atoms with Crippen LogP contribution in [0.25, 0.3) is 0 Å². The van der Waals surface area contributed by atoms with E-state index in [0.717, 1.165) is 32.2 Å². The van der Waals surface area contributed by atoms with Crippen molar-refractivity contribution in [3.8, 4) is 0 Å². The van der Waals surface area contributed by atoms with E-state index in [1.165, 1.54) is 4.31 Å². The van der Waals surface area contributed by atoms with Gasteiger partial charge in [-0.1, -0.05) is 27.2 Å². The molecular formula is C14H31N3O2S. The van der Waals surface area contributed by atoms with E-state index in [9.17, 15) is 8.42 Å². The van der Waals surface area contributed by atoms with Crippen LogP contribution in [0.4, 0.5) is 0 Å². The first kappa shape index (κ1) is 17.9. The van der Waals surface area contributed by atoms with Crippen molar-refractivity contribution in [1.29, 1.82) is 0 Å². The van der Waals surface area contributed by atoms with Gasteiger partial charge in [0.15, 0.2) is 0 Å². The SMILES string of the molecule is CCCC1CCN(S(=O)(=O)N(C)CCCNC(C)C)C1. The second-order valence-electron chi connectivity index (χ2n) is 6.09. The molecule has 0 aromatic rings. The number of rotatable bonds is 9. The molecule has 0 saturated carbocycles. The van der Waals surface area contributed by atoms with Crippen molar-refractivity contribution >= 4 is 10.2 Å². The van der Waals surface area contributed by atoms with Crippen LogP contribution >= 0.6 is 0 Å². The minimum absolute atomic E-state index is 0.449. The molecule has 0 bridgehead atoms. The predicted octanol–water partition coefficient (Wildman–Crippen LogP) is 1.67. The van der Waals surface area contributed by atoms with Gasteiger partial charge >= 0.3 is 0 Å². The molecule has 1 aliphatic rings. The molecule has 0 aromatic heterocycles. The molecule has 1 fully saturated rings. The number of nitrogens with zero attached hydrogens (tertiary/aromatic N) is 2. The molecule has 1 atom stereocenters. The van der Waals surface area contributed by atoms with Crippen molar-refractivity contribution in [1.82, 2.24) is 13.9 Å². The lowest BCUT2D eigenvalue weighted by molar-refractivity contribution is 0.377. The summed E-state index contributed by atoms with van der Waals surface area (Å²) in [5.74, 6) is 0.547. The zero-order chi connectivity index (χ0) is 15.2. The molecule has 0 amide bonds. The molecular weight excluding hydrogens is 274 g/mol. The second-order valence-corrected chi connectivity index (χ2v) is 8.13. The lowest BCUT2D eigenvalue weighted by Crippen LogP contribution is -2.41. The summed E-state index contributed by atoms with van der Waals surface area (Å²) in [6.07, 6.45) is 4.12. The smallest absolute Gasteiger partial charge is 0.281 e. The molecule has 0 aromatic carbocycles. The molecule has 1 aliphatic heterocycles. The average molecular weight is 305 g/mol. The van der Waals surface area contributed by atoms with Crippen LogP contribution in [-0.4, -0.2) is 56.3 Å². The number of nitrogens with one attached hydrogen (secondary N) is 1. The highest BCUT2D eigenvalue weighted by molar-refractivity contribution is 7.86. The molecule has 0 radical (unpaired) electrons. The average Bonchev–Trinajstić information content (AvgIpc) is 2.83. The van der Waals surface area contributed by atoms with Gasteiger partial charge in [0.25, 0.3) is 10.2 Å². The monoisotopic (exact) mass is 305 g/mol. The topological polar surface area (TPSA) is 52.7 Å². The summed E-state index contributed by atoms with van der Waals surface area (Å²) < 4.78 is 28.0. The van der Waals surface area contributed by atoms with Crippen molar-refractivity contribution < 1.29 is 8.42 Å². The van der Waals surface area contributed by atoms with Crippen LogP contribution in [0.1, 0.15) is 46.5 Å². The Kier molecular flexibility index (Phi) is 7.43. The van der Waals surface area contributed by atoms with Crippen LogP contribution in [0.5, 0.6) is 0 Å². The van der Waals surface area contributed by atoms with Crippen molar-refractivity contribution in [2.45, 2.75) is 52.5 Å². The zero-order valence-corrected chi connectivity index (χ0v) is 14.2. The molecule has 0 aliphatic carbocycles. The van der Waals surface area contributed by atoms with Gasteiger partial charge in [-0.05, 0) is 31.7 Å². The summed E-state index contributed by atoms with van der Waals surface area (Å²) in [5.41, 5.74) is 0. The van der Waals surface area contributed by atoms with Gasteiger partial charge in [-0.2, -0.15) is 17.0 Å². The minimum Gasteiger partial charge on any atom is -0.314 e. The van der Waals surface area contributed by atoms with Crippen LogP contribution in [-0.2, 0) is 10.2 Å². The third-order valence-electron chi connectivity index (χ3n) is 3.87. The van der Waals surface area contributed by atoms with Gasteiger partial charge in [0.05, 0.1) is 0 Å². The lowest BCUT2D eigenvalue weighted by atomic mass is 10.0. The van der Waals surface area contributed by atoms with E-state index in [1.54, 1.807) is 11.4 Å². The van der Waals surface area contributed by atoms with E-state index in [1.807, 2.05) is 0 Å². The number of hydrogen-bond acceptors (Lipinski definition) is 3. The van der Waals surface area contributed by atoms with Gasteiger partial charge in [-0.25, -0.2) is 0 Å². The Bertz CT molecular complexity index is 371.